The van der Waals surface area contributed by atoms with Gasteiger partial charge in [-0.2, -0.15) is 5.26 Å². The number of imidazole rings is 1. The third kappa shape index (κ3) is 4.11. The predicted octanol–water partition coefficient (Wildman–Crippen LogP) is 4.15. The third-order valence-corrected chi connectivity index (χ3v) is 8.26. The molecule has 9 heteroatoms. The second-order valence-electron chi connectivity index (χ2n) is 9.36. The quantitative estimate of drug-likeness (QED) is 0.405. The number of hydrogen-bond acceptors (Lipinski definition) is 7. The van der Waals surface area contributed by atoms with E-state index in [0.717, 1.165) is 42.8 Å². The Kier molecular flexibility index (Phi) is 6.34. The van der Waals surface area contributed by atoms with Crippen LogP contribution in [0.3, 0.4) is 0 Å². The van der Waals surface area contributed by atoms with Gasteiger partial charge >= 0.3 is 0 Å². The minimum Gasteiger partial charge on any atom is -0.362 e. The van der Waals surface area contributed by atoms with Crippen LogP contribution in [0.2, 0.25) is 0 Å². The molecule has 5 rings (SSSR count). The molecule has 8 nitrogen and oxygen atoms in total. The van der Waals surface area contributed by atoms with Crippen LogP contribution in [0, 0.1) is 11.3 Å². The van der Waals surface area contributed by atoms with Crippen molar-refractivity contribution in [3.8, 4) is 6.07 Å². The second-order valence-corrected chi connectivity index (χ2v) is 10.2. The molecule has 35 heavy (non-hydrogen) atoms. The van der Waals surface area contributed by atoms with E-state index in [1.165, 1.54) is 10.3 Å². The van der Waals surface area contributed by atoms with Gasteiger partial charge in [-0.3, -0.25) is 9.69 Å². The maximum Gasteiger partial charge on any atom is 0.267 e. The molecule has 0 aliphatic carbocycles. The Hall–Kier alpha value is -3.22. The van der Waals surface area contributed by atoms with E-state index in [9.17, 15) is 4.79 Å². The smallest absolute Gasteiger partial charge is 0.267 e. The van der Waals surface area contributed by atoms with E-state index < -0.39 is 0 Å². The first-order chi connectivity index (χ1) is 16.9. The van der Waals surface area contributed by atoms with Gasteiger partial charge in [-0.25, -0.2) is 19.2 Å². The van der Waals surface area contributed by atoms with Crippen LogP contribution in [-0.2, 0) is 13.5 Å². The Bertz CT molecular complexity index is 1460. The van der Waals surface area contributed by atoms with Crippen LogP contribution >= 0.6 is 11.3 Å². The van der Waals surface area contributed by atoms with Crippen LogP contribution in [0.5, 0.6) is 0 Å². The lowest BCUT2D eigenvalue weighted by Gasteiger charge is -2.49. The van der Waals surface area contributed by atoms with Crippen molar-refractivity contribution in [2.45, 2.75) is 58.2 Å². The first kappa shape index (κ1) is 23.5. The highest BCUT2D eigenvalue weighted by Crippen LogP contribution is 2.34. The molecule has 0 spiro atoms. The van der Waals surface area contributed by atoms with E-state index in [1.807, 2.05) is 5.51 Å². The Balaban J connectivity index is 1.51. The minimum atomic E-state index is -0.0799. The molecule has 0 radical (unpaired) electrons. The number of anilines is 1. The van der Waals surface area contributed by atoms with E-state index >= 15 is 0 Å². The molecule has 3 atom stereocenters. The Morgan fingerprint density at radius 1 is 1.20 bits per heavy atom. The maximum atomic E-state index is 12.9. The van der Waals surface area contributed by atoms with Gasteiger partial charge in [0.1, 0.15) is 0 Å². The lowest BCUT2D eigenvalue weighted by molar-refractivity contribution is 0.101. The van der Waals surface area contributed by atoms with Crippen molar-refractivity contribution in [1.82, 2.24) is 24.1 Å². The first-order valence-electron chi connectivity index (χ1n) is 12.3. The van der Waals surface area contributed by atoms with Crippen LogP contribution < -0.4 is 10.5 Å². The first-order valence-corrected chi connectivity index (χ1v) is 13.1. The molecule has 1 fully saturated rings. The van der Waals surface area contributed by atoms with Gasteiger partial charge in [-0.05, 0) is 37.5 Å². The Labute approximate surface area is 209 Å². The molecule has 0 saturated carbocycles. The zero-order valence-electron chi connectivity index (χ0n) is 20.7. The van der Waals surface area contributed by atoms with Gasteiger partial charge in [0.15, 0.2) is 5.65 Å². The van der Waals surface area contributed by atoms with E-state index in [1.54, 1.807) is 39.8 Å². The molecule has 3 aromatic heterocycles. The maximum absolute atomic E-state index is 12.9. The lowest BCUT2D eigenvalue weighted by Crippen LogP contribution is -2.59. The van der Waals surface area contributed by atoms with Crippen LogP contribution in [0.25, 0.3) is 15.9 Å². The summed E-state index contributed by atoms with van der Waals surface area (Å²) in [5.74, 6) is 0. The topological polar surface area (TPSA) is 82.5 Å². The predicted molar refractivity (Wildman–Crippen MR) is 140 cm³/mol. The average molecular weight is 490 g/mol. The molecule has 0 amide bonds. The van der Waals surface area contributed by atoms with Crippen molar-refractivity contribution in [1.29, 1.82) is 5.26 Å². The SMILES string of the molecule is CC[C@H]1CN(C(C)c2ccc3scnc3c2)[C@H](CC)CN1c1cc(=O)n(C)n2cc(CC#N)nc12. The van der Waals surface area contributed by atoms with Crippen molar-refractivity contribution in [2.24, 2.45) is 7.05 Å². The summed E-state index contributed by atoms with van der Waals surface area (Å²) < 4.78 is 4.56. The third-order valence-electron chi connectivity index (χ3n) is 7.45. The minimum absolute atomic E-state index is 0.0799. The number of nitriles is 1. The fourth-order valence-corrected chi connectivity index (χ4v) is 6.02. The summed E-state index contributed by atoms with van der Waals surface area (Å²) in [5, 5.41) is 9.17. The van der Waals surface area contributed by atoms with E-state index in [4.69, 9.17) is 10.2 Å². The molecule has 1 aliphatic heterocycles. The molecule has 1 unspecified atom stereocenters. The molecule has 4 aromatic rings. The number of rotatable bonds is 6. The number of nitrogens with zero attached hydrogens (tertiary/aromatic N) is 7. The van der Waals surface area contributed by atoms with Crippen molar-refractivity contribution in [3.05, 3.63) is 57.6 Å². The number of aryl methyl sites for hydroxylation is 1. The van der Waals surface area contributed by atoms with Crippen LogP contribution in [0.1, 0.15) is 50.9 Å². The van der Waals surface area contributed by atoms with Crippen molar-refractivity contribution >= 4 is 32.9 Å². The summed E-state index contributed by atoms with van der Waals surface area (Å²) in [7, 11) is 1.74. The summed E-state index contributed by atoms with van der Waals surface area (Å²) in [6.07, 6.45) is 3.98. The largest absolute Gasteiger partial charge is 0.362 e. The molecule has 4 heterocycles. The van der Waals surface area contributed by atoms with Crippen molar-refractivity contribution < 1.29 is 0 Å². The highest BCUT2D eigenvalue weighted by molar-refractivity contribution is 7.16. The summed E-state index contributed by atoms with van der Waals surface area (Å²) in [6, 6.07) is 11.4. The average Bonchev–Trinajstić information content (AvgIpc) is 3.52. The molecule has 0 bridgehead atoms. The normalized spacial score (nSPS) is 19.9. The number of aromatic nitrogens is 4. The summed E-state index contributed by atoms with van der Waals surface area (Å²) >= 11 is 1.67. The molecule has 0 N–H and O–H groups in total. The lowest BCUT2D eigenvalue weighted by atomic mass is 9.96. The number of hydrogen-bond donors (Lipinski definition) is 0. The van der Waals surface area contributed by atoms with Crippen LogP contribution in [0.15, 0.2) is 40.8 Å². The Morgan fingerprint density at radius 2 is 2.00 bits per heavy atom. The van der Waals surface area contributed by atoms with Gasteiger partial charge in [0.25, 0.3) is 5.56 Å². The summed E-state index contributed by atoms with van der Waals surface area (Å²) in [4.78, 5) is 27.1. The number of thiazole rings is 1. The van der Waals surface area contributed by atoms with Crippen molar-refractivity contribution in [2.75, 3.05) is 18.0 Å². The van der Waals surface area contributed by atoms with Gasteiger partial charge in [-0.15, -0.1) is 11.3 Å². The summed E-state index contributed by atoms with van der Waals surface area (Å²) in [6.45, 7) is 8.45. The number of benzene rings is 1. The monoisotopic (exact) mass is 489 g/mol. The number of piperazine rings is 1. The standard InChI is InChI=1S/C26H31N7OS/c1-5-20-15-32(23-12-25(34)30(4)33-13-19(9-10-27)29-26(23)33)21(6-2)14-31(20)17(3)18-7-8-24-22(11-18)28-16-35-24/h7-8,11-13,16-17,20-21H,5-6,9,14-15H2,1-4H3/t17?,20-,21+/m1/s1. The number of fused-ring (bicyclic) bond motifs is 2. The van der Waals surface area contributed by atoms with E-state index in [2.05, 4.69) is 59.8 Å². The van der Waals surface area contributed by atoms with Crippen LogP contribution in [-0.4, -0.2) is 49.2 Å². The van der Waals surface area contributed by atoms with Gasteiger partial charge in [-0.1, -0.05) is 19.9 Å². The van der Waals surface area contributed by atoms with Gasteiger partial charge < -0.3 is 4.90 Å². The van der Waals surface area contributed by atoms with Crippen LogP contribution in [0.4, 0.5) is 5.69 Å². The summed E-state index contributed by atoms with van der Waals surface area (Å²) in [5.41, 5.74) is 6.45. The highest BCUT2D eigenvalue weighted by atomic mass is 32.1. The van der Waals surface area contributed by atoms with Crippen molar-refractivity contribution in [3.63, 3.8) is 0 Å². The van der Waals surface area contributed by atoms with Gasteiger partial charge in [0.2, 0.25) is 0 Å². The molecule has 1 aromatic carbocycles. The molecule has 1 saturated heterocycles. The second kappa shape index (κ2) is 9.44. The highest BCUT2D eigenvalue weighted by Gasteiger charge is 2.36. The van der Waals surface area contributed by atoms with Gasteiger partial charge in [0.05, 0.1) is 45.8 Å². The van der Waals surface area contributed by atoms with E-state index in [0.29, 0.717) is 11.7 Å². The van der Waals surface area contributed by atoms with E-state index in [-0.39, 0.29) is 24.1 Å². The zero-order valence-corrected chi connectivity index (χ0v) is 21.5. The molecule has 1 aliphatic rings. The van der Waals surface area contributed by atoms with Gasteiger partial charge in [0, 0.05) is 44.3 Å². The Morgan fingerprint density at radius 3 is 2.74 bits per heavy atom. The zero-order chi connectivity index (χ0) is 24.7. The molecule has 182 valence electrons. The molecular weight excluding hydrogens is 458 g/mol. The molecular formula is C26H31N7OS. The fourth-order valence-electron chi connectivity index (χ4n) is 5.36. The fraction of sp³-hybridized carbons (Fsp3) is 0.462.